The molecule has 0 radical (unpaired) electrons. The molecule has 2 fully saturated rings. The molecular weight excluding hydrogens is 238 g/mol. The van der Waals surface area contributed by atoms with Gasteiger partial charge in [-0.2, -0.15) is 0 Å². The van der Waals surface area contributed by atoms with Crippen LogP contribution in [0.2, 0.25) is 0 Å². The van der Waals surface area contributed by atoms with Gasteiger partial charge in [0.1, 0.15) is 6.10 Å². The van der Waals surface area contributed by atoms with E-state index in [0.29, 0.717) is 0 Å². The van der Waals surface area contributed by atoms with Gasteiger partial charge in [-0.25, -0.2) is 0 Å². The highest BCUT2D eigenvalue weighted by Gasteiger charge is 2.38. The fraction of sp³-hybridized carbons (Fsp3) is 1.00. The second-order valence-electron chi connectivity index (χ2n) is 5.18. The quantitative estimate of drug-likeness (QED) is 0.525. The van der Waals surface area contributed by atoms with Gasteiger partial charge in [-0.3, -0.25) is 0 Å². The Bertz CT molecular complexity index is 265. The highest BCUT2D eigenvalue weighted by molar-refractivity contribution is 4.83. The Balaban J connectivity index is 1.90. The van der Waals surface area contributed by atoms with Crippen LogP contribution in [0.1, 0.15) is 32.1 Å². The van der Waals surface area contributed by atoms with Crippen molar-refractivity contribution in [3.8, 4) is 0 Å². The molecule has 2 rings (SSSR count). The molecule has 6 unspecified atom stereocenters. The van der Waals surface area contributed by atoms with Crippen molar-refractivity contribution in [2.45, 2.75) is 68.9 Å². The predicted molar refractivity (Wildman–Crippen MR) is 63.7 cm³/mol. The van der Waals surface area contributed by atoms with Gasteiger partial charge in [0.25, 0.3) is 0 Å². The van der Waals surface area contributed by atoms with Crippen LogP contribution in [0.3, 0.4) is 0 Å². The molecule has 0 spiro atoms. The van der Waals surface area contributed by atoms with E-state index in [1.165, 1.54) is 0 Å². The zero-order valence-electron chi connectivity index (χ0n) is 10.4. The Morgan fingerprint density at radius 1 is 1.06 bits per heavy atom. The molecule has 0 aromatic heterocycles. The number of ether oxygens (including phenoxy) is 2. The first-order valence-electron chi connectivity index (χ1n) is 6.67. The van der Waals surface area contributed by atoms with Gasteiger partial charge in [0.2, 0.25) is 0 Å². The summed E-state index contributed by atoms with van der Waals surface area (Å²) < 4.78 is 11.1. The van der Waals surface area contributed by atoms with E-state index in [9.17, 15) is 15.3 Å². The zero-order chi connectivity index (χ0) is 13.1. The fourth-order valence-electron chi connectivity index (χ4n) is 2.61. The van der Waals surface area contributed by atoms with Gasteiger partial charge in [0.05, 0.1) is 24.4 Å². The van der Waals surface area contributed by atoms with Crippen molar-refractivity contribution in [3.63, 3.8) is 0 Å². The van der Waals surface area contributed by atoms with E-state index < -0.39 is 30.7 Å². The third-order valence-corrected chi connectivity index (χ3v) is 3.74. The minimum Gasteiger partial charge on any atom is -0.390 e. The van der Waals surface area contributed by atoms with E-state index in [1.807, 2.05) is 0 Å². The summed E-state index contributed by atoms with van der Waals surface area (Å²) in [7, 11) is 0. The molecule has 6 nitrogen and oxygen atoms in total. The summed E-state index contributed by atoms with van der Waals surface area (Å²) in [6.45, 7) is 0.182. The lowest BCUT2D eigenvalue weighted by molar-refractivity contribution is -0.287. The maximum Gasteiger partial charge on any atom is 0.184 e. The van der Waals surface area contributed by atoms with Gasteiger partial charge < -0.3 is 30.5 Å². The van der Waals surface area contributed by atoms with Crippen LogP contribution in [0.5, 0.6) is 0 Å². The molecule has 5 N–H and O–H groups in total. The van der Waals surface area contributed by atoms with E-state index in [0.717, 1.165) is 25.7 Å². The van der Waals surface area contributed by atoms with Crippen molar-refractivity contribution in [2.24, 2.45) is 5.73 Å². The third-order valence-electron chi connectivity index (χ3n) is 3.74. The van der Waals surface area contributed by atoms with Crippen molar-refractivity contribution >= 4 is 0 Å². The van der Waals surface area contributed by atoms with E-state index in [2.05, 4.69) is 0 Å². The summed E-state index contributed by atoms with van der Waals surface area (Å²) in [4.78, 5) is 0. The van der Waals surface area contributed by atoms with Crippen molar-refractivity contribution in [1.82, 2.24) is 0 Å². The van der Waals surface area contributed by atoms with E-state index in [4.69, 9.17) is 15.2 Å². The normalized spacial score (nSPS) is 46.0. The van der Waals surface area contributed by atoms with Gasteiger partial charge in [-0.1, -0.05) is 12.8 Å². The standard InChI is InChI=1S/C12H23NO5/c13-6-11-8(15)5-9(16)12(18-11)17-10-4-2-1-3-7(10)14/h7-12,14-16H,1-6,13H2. The zero-order valence-corrected chi connectivity index (χ0v) is 10.4. The second kappa shape index (κ2) is 6.27. The smallest absolute Gasteiger partial charge is 0.184 e. The Labute approximate surface area is 107 Å². The van der Waals surface area contributed by atoms with Crippen LogP contribution in [0.4, 0.5) is 0 Å². The number of rotatable bonds is 3. The molecule has 1 saturated carbocycles. The lowest BCUT2D eigenvalue weighted by Gasteiger charge is -2.39. The molecule has 6 atom stereocenters. The maximum absolute atomic E-state index is 9.84. The first-order valence-corrected chi connectivity index (χ1v) is 6.67. The van der Waals surface area contributed by atoms with Crippen LogP contribution in [0.15, 0.2) is 0 Å². The maximum atomic E-state index is 9.84. The minimum atomic E-state index is -0.878. The highest BCUT2D eigenvalue weighted by Crippen LogP contribution is 2.27. The van der Waals surface area contributed by atoms with Gasteiger partial charge in [0.15, 0.2) is 6.29 Å². The van der Waals surface area contributed by atoms with Crippen LogP contribution < -0.4 is 5.73 Å². The van der Waals surface area contributed by atoms with Crippen LogP contribution in [0, 0.1) is 0 Å². The molecule has 1 aliphatic carbocycles. The fourth-order valence-corrected chi connectivity index (χ4v) is 2.61. The summed E-state index contributed by atoms with van der Waals surface area (Å²) in [5.41, 5.74) is 5.49. The molecule has 2 aliphatic rings. The molecule has 18 heavy (non-hydrogen) atoms. The molecule has 1 heterocycles. The number of hydrogen-bond acceptors (Lipinski definition) is 6. The average Bonchev–Trinajstić information content (AvgIpc) is 2.35. The molecule has 6 heteroatoms. The summed E-state index contributed by atoms with van der Waals surface area (Å²) in [6, 6.07) is 0. The molecule has 0 aromatic carbocycles. The average molecular weight is 261 g/mol. The summed E-state index contributed by atoms with van der Waals surface area (Å²) in [5.74, 6) is 0. The molecule has 0 bridgehead atoms. The number of hydrogen-bond donors (Lipinski definition) is 4. The monoisotopic (exact) mass is 261 g/mol. The number of aliphatic hydroxyl groups is 3. The molecule has 0 aromatic rings. The molecule has 1 aliphatic heterocycles. The molecular formula is C12H23NO5. The van der Waals surface area contributed by atoms with E-state index in [-0.39, 0.29) is 19.1 Å². The minimum absolute atomic E-state index is 0.182. The molecule has 1 saturated heterocycles. The Hall–Kier alpha value is -0.240. The van der Waals surface area contributed by atoms with Crippen LogP contribution in [-0.2, 0) is 9.47 Å². The number of nitrogens with two attached hydrogens (primary N) is 1. The van der Waals surface area contributed by atoms with Gasteiger partial charge in [0, 0.05) is 13.0 Å². The molecule has 0 amide bonds. The van der Waals surface area contributed by atoms with Crippen LogP contribution in [0.25, 0.3) is 0 Å². The van der Waals surface area contributed by atoms with E-state index >= 15 is 0 Å². The lowest BCUT2D eigenvalue weighted by Crippen LogP contribution is -2.53. The van der Waals surface area contributed by atoms with Crippen molar-refractivity contribution in [2.75, 3.05) is 6.54 Å². The summed E-state index contributed by atoms with van der Waals surface area (Å²) >= 11 is 0. The van der Waals surface area contributed by atoms with Crippen molar-refractivity contribution < 1.29 is 24.8 Å². The first-order chi connectivity index (χ1) is 8.61. The lowest BCUT2D eigenvalue weighted by atomic mass is 9.94. The number of aliphatic hydroxyl groups excluding tert-OH is 3. The first kappa shape index (κ1) is 14.2. The highest BCUT2D eigenvalue weighted by atomic mass is 16.7. The van der Waals surface area contributed by atoms with Crippen molar-refractivity contribution in [1.29, 1.82) is 0 Å². The topological polar surface area (TPSA) is 105 Å². The van der Waals surface area contributed by atoms with Crippen molar-refractivity contribution in [3.05, 3.63) is 0 Å². The Kier molecular flexibility index (Phi) is 4.94. The summed E-state index contributed by atoms with van der Waals surface area (Å²) in [5, 5.41) is 29.3. The van der Waals surface area contributed by atoms with Crippen LogP contribution in [-0.4, -0.2) is 58.7 Å². The Morgan fingerprint density at radius 3 is 2.44 bits per heavy atom. The SMILES string of the molecule is NCC1OC(OC2CCCCC2O)C(O)CC1O. The largest absolute Gasteiger partial charge is 0.390 e. The van der Waals surface area contributed by atoms with Crippen LogP contribution >= 0.6 is 0 Å². The Morgan fingerprint density at radius 2 is 1.78 bits per heavy atom. The second-order valence-corrected chi connectivity index (χ2v) is 5.18. The third kappa shape index (κ3) is 3.20. The summed E-state index contributed by atoms with van der Waals surface area (Å²) in [6.07, 6.45) is -0.0797. The predicted octanol–water partition coefficient (Wildman–Crippen LogP) is -0.898. The van der Waals surface area contributed by atoms with E-state index in [1.54, 1.807) is 0 Å². The van der Waals surface area contributed by atoms with Gasteiger partial charge in [-0.05, 0) is 12.8 Å². The van der Waals surface area contributed by atoms with Gasteiger partial charge >= 0.3 is 0 Å². The molecule has 106 valence electrons. The van der Waals surface area contributed by atoms with Gasteiger partial charge in [-0.15, -0.1) is 0 Å².